The Morgan fingerprint density at radius 3 is 2.77 bits per heavy atom. The summed E-state index contributed by atoms with van der Waals surface area (Å²) in [7, 11) is 1.85. The lowest BCUT2D eigenvalue weighted by atomic mass is 9.98. The highest BCUT2D eigenvalue weighted by Gasteiger charge is 2.27. The number of aromatic nitrogens is 5. The van der Waals surface area contributed by atoms with Crippen LogP contribution >= 0.6 is 0 Å². The number of hydrogen-bond donors (Lipinski definition) is 2. The molecule has 1 aliphatic rings. The summed E-state index contributed by atoms with van der Waals surface area (Å²) in [5, 5.41) is 13.6. The molecule has 0 amide bonds. The van der Waals surface area contributed by atoms with Crippen LogP contribution in [0.3, 0.4) is 0 Å². The first-order chi connectivity index (χ1) is 19.5. The molecule has 0 bridgehead atoms. The number of H-pyrrole nitrogens is 1. The Balaban J connectivity index is 1.50. The molecule has 1 aromatic carbocycles. The Bertz CT molecular complexity index is 1820. The number of hydrogen-bond acceptors (Lipinski definition) is 5. The Morgan fingerprint density at radius 2 is 2.05 bits per heavy atom. The first-order valence-electron chi connectivity index (χ1n) is 13.2. The first-order valence-corrected chi connectivity index (χ1v) is 13.2. The molecule has 1 aliphatic carbocycles. The molecule has 1 saturated carbocycles. The summed E-state index contributed by atoms with van der Waals surface area (Å²) in [6.07, 6.45) is 7.38. The number of alkyl halides is 1. The Labute approximate surface area is 228 Å². The average molecular weight is 540 g/mol. The van der Waals surface area contributed by atoms with E-state index in [1.807, 2.05) is 17.7 Å². The number of nitriles is 1. The Hall–Kier alpha value is -4.62. The second-order valence-electron chi connectivity index (χ2n) is 10.1. The van der Waals surface area contributed by atoms with Crippen molar-refractivity contribution in [3.05, 3.63) is 88.1 Å². The van der Waals surface area contributed by atoms with Gasteiger partial charge >= 0.3 is 0 Å². The second-order valence-corrected chi connectivity index (χ2v) is 10.1. The molecule has 40 heavy (non-hydrogen) atoms. The van der Waals surface area contributed by atoms with Crippen LogP contribution < -0.4 is 10.9 Å². The Kier molecular flexibility index (Phi) is 6.74. The third-order valence-electron chi connectivity index (χ3n) is 7.21. The number of nitrogens with one attached hydrogen (secondary N) is 2. The summed E-state index contributed by atoms with van der Waals surface area (Å²) < 4.78 is 30.1. The molecule has 4 heterocycles. The number of nitrogens with zero attached hydrogens (tertiary/aromatic N) is 5. The molecule has 2 N–H and O–H groups in total. The van der Waals surface area contributed by atoms with Crippen LogP contribution in [0.4, 0.5) is 8.78 Å². The van der Waals surface area contributed by atoms with Crippen LogP contribution in [0.2, 0.25) is 0 Å². The van der Waals surface area contributed by atoms with E-state index >= 15 is 0 Å². The highest BCUT2D eigenvalue weighted by molar-refractivity contribution is 5.86. The van der Waals surface area contributed by atoms with Crippen LogP contribution in [0, 0.1) is 17.1 Å². The van der Waals surface area contributed by atoms with Crippen molar-refractivity contribution in [2.24, 2.45) is 7.05 Å². The lowest BCUT2D eigenvalue weighted by Gasteiger charge is -2.14. The minimum atomic E-state index is -0.404. The lowest BCUT2D eigenvalue weighted by molar-refractivity contribution is 0.458. The van der Waals surface area contributed by atoms with Crippen LogP contribution in [-0.2, 0) is 13.6 Å². The molecule has 0 unspecified atom stereocenters. The zero-order valence-electron chi connectivity index (χ0n) is 21.9. The third kappa shape index (κ3) is 4.80. The maximum Gasteiger partial charge on any atom is 0.280 e. The minimum absolute atomic E-state index is 0.276. The molecule has 8 nitrogen and oxygen atoms in total. The van der Waals surface area contributed by atoms with Crippen molar-refractivity contribution in [1.82, 2.24) is 29.4 Å². The van der Waals surface area contributed by atoms with Gasteiger partial charge in [0.2, 0.25) is 0 Å². The number of aromatic amines is 1. The van der Waals surface area contributed by atoms with E-state index in [9.17, 15) is 18.8 Å². The van der Waals surface area contributed by atoms with Crippen molar-refractivity contribution < 1.29 is 8.78 Å². The normalized spacial score (nSPS) is 13.2. The monoisotopic (exact) mass is 539 g/mol. The summed E-state index contributed by atoms with van der Waals surface area (Å²) in [6.45, 7) is 0.517. The fourth-order valence-electron chi connectivity index (χ4n) is 5.02. The molecule has 6 rings (SSSR count). The fraction of sp³-hybridized carbons (Fsp3) is 0.267. The van der Waals surface area contributed by atoms with Crippen molar-refractivity contribution in [3.63, 3.8) is 0 Å². The largest absolute Gasteiger partial charge is 0.353 e. The predicted molar refractivity (Wildman–Crippen MR) is 148 cm³/mol. The van der Waals surface area contributed by atoms with Crippen molar-refractivity contribution in [1.29, 1.82) is 5.26 Å². The van der Waals surface area contributed by atoms with Crippen LogP contribution in [0.5, 0.6) is 0 Å². The van der Waals surface area contributed by atoms with Gasteiger partial charge in [0.15, 0.2) is 0 Å². The van der Waals surface area contributed by atoms with Crippen molar-refractivity contribution >= 4 is 10.9 Å². The molecule has 0 radical (unpaired) electrons. The lowest BCUT2D eigenvalue weighted by Crippen LogP contribution is -2.20. The van der Waals surface area contributed by atoms with Gasteiger partial charge in [0.1, 0.15) is 29.0 Å². The zero-order valence-corrected chi connectivity index (χ0v) is 21.9. The van der Waals surface area contributed by atoms with Crippen LogP contribution in [0.1, 0.15) is 42.1 Å². The number of aryl methyl sites for hydroxylation is 1. The van der Waals surface area contributed by atoms with E-state index in [-0.39, 0.29) is 17.3 Å². The van der Waals surface area contributed by atoms with E-state index < -0.39 is 6.67 Å². The van der Waals surface area contributed by atoms with Gasteiger partial charge in [0.05, 0.1) is 12.2 Å². The van der Waals surface area contributed by atoms with Crippen LogP contribution in [0.15, 0.2) is 59.8 Å². The number of benzene rings is 1. The van der Waals surface area contributed by atoms with Crippen molar-refractivity contribution in [3.8, 4) is 34.4 Å². The Morgan fingerprint density at radius 1 is 1.20 bits per heavy atom. The summed E-state index contributed by atoms with van der Waals surface area (Å²) in [5.41, 5.74) is 4.04. The number of rotatable bonds is 9. The van der Waals surface area contributed by atoms with E-state index in [4.69, 9.17) is 4.98 Å². The average Bonchev–Trinajstić information content (AvgIpc) is 3.58. The quantitative estimate of drug-likeness (QED) is 0.253. The fourth-order valence-corrected chi connectivity index (χ4v) is 5.02. The van der Waals surface area contributed by atoms with Crippen LogP contribution in [-0.4, -0.2) is 37.3 Å². The van der Waals surface area contributed by atoms with E-state index in [2.05, 4.69) is 21.4 Å². The smallest absolute Gasteiger partial charge is 0.280 e. The first kappa shape index (κ1) is 25.6. The maximum absolute atomic E-state index is 14.4. The second kappa shape index (κ2) is 10.5. The van der Waals surface area contributed by atoms with Crippen molar-refractivity contribution in [2.45, 2.75) is 31.7 Å². The maximum atomic E-state index is 14.4. The SMILES string of the molecule is Cn1ccnc1-c1cc(F)ccc1-c1cc(C2CC2)nc(-n2cc(C#N)c3cc(CNCCCF)[nH]c3c2=O)c1. The highest BCUT2D eigenvalue weighted by Crippen LogP contribution is 2.42. The number of halogens is 2. The van der Waals surface area contributed by atoms with Gasteiger partial charge in [-0.1, -0.05) is 6.07 Å². The summed E-state index contributed by atoms with van der Waals surface area (Å²) in [4.78, 5) is 26.1. The van der Waals surface area contributed by atoms with Gasteiger partial charge in [-0.15, -0.1) is 0 Å². The molecule has 0 saturated heterocycles. The molecule has 1 fully saturated rings. The van der Waals surface area contributed by atoms with Gasteiger partial charge in [0.25, 0.3) is 5.56 Å². The summed E-state index contributed by atoms with van der Waals surface area (Å²) in [5.74, 6) is 0.902. The summed E-state index contributed by atoms with van der Waals surface area (Å²) in [6, 6.07) is 12.4. The highest BCUT2D eigenvalue weighted by atomic mass is 19.1. The van der Waals surface area contributed by atoms with Gasteiger partial charge in [0, 0.05) is 60.4 Å². The van der Waals surface area contributed by atoms with Gasteiger partial charge in [-0.05, 0) is 67.3 Å². The number of pyridine rings is 2. The van der Waals surface area contributed by atoms with Crippen molar-refractivity contribution in [2.75, 3.05) is 13.2 Å². The number of imidazole rings is 1. The molecule has 202 valence electrons. The molecular weight excluding hydrogens is 512 g/mol. The molecule has 0 atom stereocenters. The number of fused-ring (bicyclic) bond motifs is 1. The van der Waals surface area contributed by atoms with E-state index in [0.29, 0.717) is 53.2 Å². The van der Waals surface area contributed by atoms with Gasteiger partial charge in [-0.25, -0.2) is 14.4 Å². The standard InChI is InChI=1S/C30H27F2N7O/c1-38-10-9-35-29(38)25-13-21(32)5-6-23(25)19-11-26(18-3-4-18)37-27(12-19)39-17-20(15-33)24-14-22(16-34-8-2-7-31)36-28(24)30(39)40/h5-6,9-14,17-18,34,36H,2-4,7-8,16H2,1H3. The molecule has 0 spiro atoms. The molecule has 10 heteroatoms. The van der Waals surface area contributed by atoms with Gasteiger partial charge in [-0.2, -0.15) is 5.26 Å². The van der Waals surface area contributed by atoms with Crippen LogP contribution in [0.25, 0.3) is 39.2 Å². The molecule has 4 aromatic heterocycles. The molecule has 0 aliphatic heterocycles. The van der Waals surface area contributed by atoms with E-state index in [1.165, 1.54) is 22.9 Å². The topological polar surface area (TPSA) is 104 Å². The minimum Gasteiger partial charge on any atom is -0.353 e. The summed E-state index contributed by atoms with van der Waals surface area (Å²) >= 11 is 0. The van der Waals surface area contributed by atoms with Gasteiger partial charge < -0.3 is 14.9 Å². The van der Waals surface area contributed by atoms with E-state index in [0.717, 1.165) is 35.4 Å². The van der Waals surface area contributed by atoms with E-state index in [1.54, 1.807) is 30.6 Å². The predicted octanol–water partition coefficient (Wildman–Crippen LogP) is 5.12. The zero-order chi connectivity index (χ0) is 27.8. The molecular formula is C30H27F2N7O. The molecule has 5 aromatic rings. The van der Waals surface area contributed by atoms with Gasteiger partial charge in [-0.3, -0.25) is 13.8 Å². The third-order valence-corrected chi connectivity index (χ3v) is 7.21.